The van der Waals surface area contributed by atoms with Crippen molar-refractivity contribution >= 4 is 29.0 Å². The Balaban J connectivity index is 1.29. The number of hydrogen-bond acceptors (Lipinski definition) is 4. The number of nitrogens with zero attached hydrogens (tertiary/aromatic N) is 2. The fraction of sp³-hybridized carbons (Fsp3) is 0.200. The smallest absolute Gasteiger partial charge is 0.321 e. The van der Waals surface area contributed by atoms with E-state index in [4.69, 9.17) is 4.74 Å². The molecule has 7 nitrogen and oxygen atoms in total. The topological polar surface area (TPSA) is 73.9 Å². The van der Waals surface area contributed by atoms with Gasteiger partial charge in [-0.2, -0.15) is 0 Å². The van der Waals surface area contributed by atoms with Crippen LogP contribution in [0.15, 0.2) is 78.9 Å². The molecule has 1 fully saturated rings. The first-order valence-electron chi connectivity index (χ1n) is 10.5. The summed E-state index contributed by atoms with van der Waals surface area (Å²) in [4.78, 5) is 28.9. The molecule has 2 N–H and O–H groups in total. The lowest BCUT2D eigenvalue weighted by molar-refractivity contribution is 0.102. The van der Waals surface area contributed by atoms with Crippen LogP contribution in [-0.4, -0.2) is 50.1 Å². The molecule has 0 radical (unpaired) electrons. The highest BCUT2D eigenvalue weighted by Crippen LogP contribution is 2.21. The van der Waals surface area contributed by atoms with Gasteiger partial charge in [-0.05, 0) is 60.7 Å². The Morgan fingerprint density at radius 3 is 2.00 bits per heavy atom. The van der Waals surface area contributed by atoms with E-state index in [2.05, 4.69) is 15.5 Å². The highest BCUT2D eigenvalue weighted by molar-refractivity contribution is 6.04. The largest absolute Gasteiger partial charge is 0.497 e. The van der Waals surface area contributed by atoms with E-state index in [1.54, 1.807) is 31.4 Å². The lowest BCUT2D eigenvalue weighted by Gasteiger charge is -2.36. The average molecular weight is 431 g/mol. The van der Waals surface area contributed by atoms with Gasteiger partial charge in [-0.3, -0.25) is 4.79 Å². The summed E-state index contributed by atoms with van der Waals surface area (Å²) >= 11 is 0. The van der Waals surface area contributed by atoms with Crippen molar-refractivity contribution in [2.24, 2.45) is 0 Å². The Kier molecular flexibility index (Phi) is 6.55. The van der Waals surface area contributed by atoms with Crippen LogP contribution < -0.4 is 20.3 Å². The number of carbonyl (C=O) groups excluding carboxylic acids is 2. The monoisotopic (exact) mass is 430 g/mol. The van der Waals surface area contributed by atoms with Gasteiger partial charge in [-0.15, -0.1) is 0 Å². The first-order chi connectivity index (χ1) is 15.6. The molecule has 3 aromatic rings. The lowest BCUT2D eigenvalue weighted by atomic mass is 10.2. The first kappa shape index (κ1) is 21.2. The summed E-state index contributed by atoms with van der Waals surface area (Å²) in [6.07, 6.45) is 0. The van der Waals surface area contributed by atoms with Crippen molar-refractivity contribution in [2.45, 2.75) is 0 Å². The Morgan fingerprint density at radius 2 is 1.38 bits per heavy atom. The number of anilines is 3. The van der Waals surface area contributed by atoms with Crippen molar-refractivity contribution in [3.05, 3.63) is 84.4 Å². The number of rotatable bonds is 5. The standard InChI is InChI=1S/C25H26N4O3/c1-32-23-13-7-19(8-14-23)24(30)26-21-9-11-22(12-10-21)28-15-17-29(18-16-28)25(31)27-20-5-3-2-4-6-20/h2-14H,15-18H2,1H3,(H,26,30)(H,27,31). The summed E-state index contributed by atoms with van der Waals surface area (Å²) in [5, 5.41) is 5.84. The third-order valence-corrected chi connectivity index (χ3v) is 5.43. The second-order valence-corrected chi connectivity index (χ2v) is 7.50. The van der Waals surface area contributed by atoms with Crippen LogP contribution in [-0.2, 0) is 0 Å². The van der Waals surface area contributed by atoms with Gasteiger partial charge in [-0.25, -0.2) is 4.79 Å². The van der Waals surface area contributed by atoms with Crippen LogP contribution in [0.5, 0.6) is 5.75 Å². The maximum Gasteiger partial charge on any atom is 0.321 e. The van der Waals surface area contributed by atoms with Crippen molar-refractivity contribution in [3.8, 4) is 5.75 Å². The Hall–Kier alpha value is -4.00. The summed E-state index contributed by atoms with van der Waals surface area (Å²) in [5.74, 6) is 0.544. The first-order valence-corrected chi connectivity index (χ1v) is 10.5. The number of nitrogens with one attached hydrogen (secondary N) is 2. The predicted octanol–water partition coefficient (Wildman–Crippen LogP) is 4.30. The SMILES string of the molecule is COc1ccc(C(=O)Nc2ccc(N3CCN(C(=O)Nc4ccccc4)CC3)cc2)cc1. The summed E-state index contributed by atoms with van der Waals surface area (Å²) < 4.78 is 5.12. The summed E-state index contributed by atoms with van der Waals surface area (Å²) in [5.41, 5.74) is 3.16. The zero-order chi connectivity index (χ0) is 22.3. The lowest BCUT2D eigenvalue weighted by Crippen LogP contribution is -2.50. The zero-order valence-corrected chi connectivity index (χ0v) is 18.0. The van der Waals surface area contributed by atoms with E-state index in [0.29, 0.717) is 24.4 Å². The van der Waals surface area contributed by atoms with Gasteiger partial charge in [0.25, 0.3) is 5.91 Å². The quantitative estimate of drug-likeness (QED) is 0.633. The van der Waals surface area contributed by atoms with Crippen LogP contribution in [0.2, 0.25) is 0 Å². The van der Waals surface area contributed by atoms with Crippen LogP contribution in [0, 0.1) is 0 Å². The van der Waals surface area contributed by atoms with Gasteiger partial charge in [0.2, 0.25) is 0 Å². The molecule has 7 heteroatoms. The van der Waals surface area contributed by atoms with E-state index >= 15 is 0 Å². The van der Waals surface area contributed by atoms with Crippen LogP contribution in [0.4, 0.5) is 21.9 Å². The molecule has 1 heterocycles. The third-order valence-electron chi connectivity index (χ3n) is 5.43. The Labute approximate surface area is 187 Å². The van der Waals surface area contributed by atoms with E-state index in [1.807, 2.05) is 59.5 Å². The van der Waals surface area contributed by atoms with Gasteiger partial charge in [0.05, 0.1) is 7.11 Å². The normalized spacial score (nSPS) is 13.4. The van der Waals surface area contributed by atoms with Gasteiger partial charge >= 0.3 is 6.03 Å². The number of urea groups is 1. The predicted molar refractivity (Wildman–Crippen MR) is 127 cm³/mol. The Morgan fingerprint density at radius 1 is 0.750 bits per heavy atom. The highest BCUT2D eigenvalue weighted by atomic mass is 16.5. The second kappa shape index (κ2) is 9.87. The van der Waals surface area contributed by atoms with Crippen molar-refractivity contribution in [3.63, 3.8) is 0 Å². The van der Waals surface area contributed by atoms with Gasteiger partial charge in [-0.1, -0.05) is 18.2 Å². The molecule has 32 heavy (non-hydrogen) atoms. The van der Waals surface area contributed by atoms with E-state index in [9.17, 15) is 9.59 Å². The molecule has 0 unspecified atom stereocenters. The molecule has 3 amide bonds. The van der Waals surface area contributed by atoms with Crippen molar-refractivity contribution in [1.82, 2.24) is 4.90 Å². The van der Waals surface area contributed by atoms with E-state index in [1.165, 1.54) is 0 Å². The highest BCUT2D eigenvalue weighted by Gasteiger charge is 2.21. The molecule has 1 saturated heterocycles. The average Bonchev–Trinajstić information content (AvgIpc) is 2.85. The number of carbonyl (C=O) groups is 2. The van der Waals surface area contributed by atoms with Gasteiger partial charge in [0.15, 0.2) is 0 Å². The molecule has 0 spiro atoms. The van der Waals surface area contributed by atoms with Crippen LogP contribution in [0.1, 0.15) is 10.4 Å². The molecular weight excluding hydrogens is 404 g/mol. The number of benzene rings is 3. The summed E-state index contributed by atoms with van der Waals surface area (Å²) in [6.45, 7) is 2.79. The maximum absolute atomic E-state index is 12.5. The molecule has 4 rings (SSSR count). The van der Waals surface area contributed by atoms with Crippen LogP contribution >= 0.6 is 0 Å². The van der Waals surface area contributed by atoms with Crippen LogP contribution in [0.3, 0.4) is 0 Å². The molecule has 164 valence electrons. The number of ether oxygens (including phenoxy) is 1. The number of piperazine rings is 1. The Bertz CT molecular complexity index is 1040. The van der Waals surface area contributed by atoms with Crippen LogP contribution in [0.25, 0.3) is 0 Å². The number of hydrogen-bond donors (Lipinski definition) is 2. The molecular formula is C25H26N4O3. The number of methoxy groups -OCH3 is 1. The number of amides is 3. The van der Waals surface area contributed by atoms with Crippen molar-refractivity contribution < 1.29 is 14.3 Å². The molecule has 0 saturated carbocycles. The fourth-order valence-electron chi connectivity index (χ4n) is 3.59. The van der Waals surface area contributed by atoms with Crippen molar-refractivity contribution in [2.75, 3.05) is 48.8 Å². The molecule has 0 atom stereocenters. The van der Waals surface area contributed by atoms with E-state index in [0.717, 1.165) is 30.2 Å². The molecule has 3 aromatic carbocycles. The molecule has 0 bridgehead atoms. The minimum Gasteiger partial charge on any atom is -0.497 e. The summed E-state index contributed by atoms with van der Waals surface area (Å²) in [6, 6.07) is 24.2. The summed E-state index contributed by atoms with van der Waals surface area (Å²) in [7, 11) is 1.59. The van der Waals surface area contributed by atoms with Gasteiger partial charge in [0.1, 0.15) is 5.75 Å². The third kappa shape index (κ3) is 5.18. The maximum atomic E-state index is 12.5. The number of para-hydroxylation sites is 1. The van der Waals surface area contributed by atoms with E-state index < -0.39 is 0 Å². The molecule has 0 aliphatic carbocycles. The molecule has 0 aromatic heterocycles. The molecule has 1 aliphatic rings. The molecule has 1 aliphatic heterocycles. The second-order valence-electron chi connectivity index (χ2n) is 7.50. The van der Waals surface area contributed by atoms with E-state index in [-0.39, 0.29) is 11.9 Å². The van der Waals surface area contributed by atoms with Crippen molar-refractivity contribution in [1.29, 1.82) is 0 Å². The fourth-order valence-corrected chi connectivity index (χ4v) is 3.59. The van der Waals surface area contributed by atoms with Gasteiger partial charge in [0, 0.05) is 48.8 Å². The zero-order valence-electron chi connectivity index (χ0n) is 18.0. The minimum atomic E-state index is -0.168. The minimum absolute atomic E-state index is 0.0764. The van der Waals surface area contributed by atoms with Gasteiger partial charge < -0.3 is 25.2 Å².